The van der Waals surface area contributed by atoms with E-state index in [9.17, 15) is 37.1 Å². The van der Waals surface area contributed by atoms with Gasteiger partial charge in [-0.05, 0) is 144 Å². The number of aromatic nitrogens is 4. The van der Waals surface area contributed by atoms with Gasteiger partial charge in [-0.3, -0.25) is 14.4 Å². The number of likely N-dealkylation sites (tertiary alicyclic amines) is 1. The van der Waals surface area contributed by atoms with Gasteiger partial charge in [0.2, 0.25) is 17.6 Å². The van der Waals surface area contributed by atoms with Crippen LogP contribution in [-0.2, 0) is 31.7 Å². The molecule has 2 heterocycles. The quantitative estimate of drug-likeness (QED) is 0.0936. The Kier molecular flexibility index (Phi) is 15.4. The van der Waals surface area contributed by atoms with Crippen LogP contribution in [0.1, 0.15) is 102 Å². The van der Waals surface area contributed by atoms with Crippen molar-refractivity contribution in [2.75, 3.05) is 25.0 Å². The number of tetrazole rings is 1. The van der Waals surface area contributed by atoms with E-state index >= 15 is 0 Å². The molecular formula is C47H58F3N9O7. The summed E-state index contributed by atoms with van der Waals surface area (Å²) < 4.78 is 54.3. The van der Waals surface area contributed by atoms with Crippen LogP contribution in [0.5, 0.6) is 0 Å². The molecular weight excluding hydrogens is 860 g/mol. The lowest BCUT2D eigenvalue weighted by molar-refractivity contribution is -0.138. The van der Waals surface area contributed by atoms with Crippen molar-refractivity contribution in [3.63, 3.8) is 0 Å². The number of carbonyl (C=O) groups excluding carboxylic acids is 5. The number of ether oxygens (including phenoxy) is 2. The zero-order valence-electron chi connectivity index (χ0n) is 38.0. The molecule has 2 aliphatic rings. The van der Waals surface area contributed by atoms with Crippen LogP contribution in [0.15, 0.2) is 66.7 Å². The lowest BCUT2D eigenvalue weighted by Crippen LogP contribution is -2.48. The Morgan fingerprint density at radius 3 is 2.00 bits per heavy atom. The van der Waals surface area contributed by atoms with Gasteiger partial charge in [-0.15, -0.1) is 10.2 Å². The lowest BCUT2D eigenvalue weighted by atomic mass is 9.81. The Morgan fingerprint density at radius 2 is 1.41 bits per heavy atom. The van der Waals surface area contributed by atoms with Crippen LogP contribution in [0, 0.1) is 11.8 Å². The number of alkyl carbamates (subject to hydrolysis) is 1. The molecule has 354 valence electrons. The Hall–Kier alpha value is -6.53. The molecule has 5 N–H and O–H groups in total. The van der Waals surface area contributed by atoms with Gasteiger partial charge >= 0.3 is 18.4 Å². The summed E-state index contributed by atoms with van der Waals surface area (Å²) in [5.74, 6) is -1.45. The first kappa shape index (κ1) is 48.9. The normalized spacial score (nSPS) is 17.6. The molecule has 0 bridgehead atoms. The van der Waals surface area contributed by atoms with E-state index in [0.717, 1.165) is 12.1 Å². The van der Waals surface area contributed by atoms with Crippen LogP contribution >= 0.6 is 0 Å². The van der Waals surface area contributed by atoms with Crippen LogP contribution in [0.25, 0.3) is 22.5 Å². The first-order valence-electron chi connectivity index (χ1n) is 22.1. The van der Waals surface area contributed by atoms with E-state index in [1.54, 1.807) is 90.1 Å². The number of aromatic amines is 1. The number of hydrogen-bond acceptors (Lipinski definition) is 10. The molecule has 1 aromatic heterocycles. The second-order valence-corrected chi connectivity index (χ2v) is 18.8. The number of rotatable bonds is 12. The zero-order valence-corrected chi connectivity index (χ0v) is 38.0. The summed E-state index contributed by atoms with van der Waals surface area (Å²) in [7, 11) is 0. The number of hydrogen-bond donors (Lipinski definition) is 5. The third kappa shape index (κ3) is 14.0. The number of piperidine rings is 1. The fourth-order valence-corrected chi connectivity index (χ4v) is 7.91. The van der Waals surface area contributed by atoms with Gasteiger partial charge in [0.15, 0.2) is 0 Å². The molecule has 2 fully saturated rings. The number of H-pyrrole nitrogens is 1. The average molecular weight is 918 g/mol. The van der Waals surface area contributed by atoms with E-state index < -0.39 is 64.6 Å². The van der Waals surface area contributed by atoms with Gasteiger partial charge < -0.3 is 35.6 Å². The van der Waals surface area contributed by atoms with E-state index in [1.165, 1.54) is 11.0 Å². The molecule has 6 rings (SSSR count). The highest BCUT2D eigenvalue weighted by Crippen LogP contribution is 2.36. The van der Waals surface area contributed by atoms with Crippen molar-refractivity contribution in [2.24, 2.45) is 11.8 Å². The molecule has 19 heteroatoms. The number of anilines is 1. The van der Waals surface area contributed by atoms with Gasteiger partial charge in [0.25, 0.3) is 5.91 Å². The van der Waals surface area contributed by atoms with Crippen molar-refractivity contribution in [1.82, 2.24) is 41.5 Å². The molecule has 1 aliphatic heterocycles. The molecule has 0 spiro atoms. The number of benzene rings is 3. The van der Waals surface area contributed by atoms with Gasteiger partial charge in [-0.1, -0.05) is 30.3 Å². The summed E-state index contributed by atoms with van der Waals surface area (Å²) in [5, 5.41) is 25.2. The number of carbonyl (C=O) groups is 5. The first-order valence-corrected chi connectivity index (χ1v) is 22.1. The summed E-state index contributed by atoms with van der Waals surface area (Å²) in [6, 6.07) is 15.5. The molecule has 5 amide bonds. The number of nitrogens with zero attached hydrogens (tertiary/aromatic N) is 4. The van der Waals surface area contributed by atoms with Crippen molar-refractivity contribution < 1.29 is 46.6 Å². The summed E-state index contributed by atoms with van der Waals surface area (Å²) in [6.45, 7) is 11.6. The molecule has 4 aromatic rings. The van der Waals surface area contributed by atoms with E-state index in [-0.39, 0.29) is 42.8 Å². The van der Waals surface area contributed by atoms with Gasteiger partial charge in [0, 0.05) is 49.3 Å². The Morgan fingerprint density at radius 1 is 0.788 bits per heavy atom. The maximum Gasteiger partial charge on any atom is 0.417 e. The molecule has 1 saturated carbocycles. The van der Waals surface area contributed by atoms with Gasteiger partial charge in [-0.2, -0.15) is 18.4 Å². The minimum absolute atomic E-state index is 0.0670. The molecule has 66 heavy (non-hydrogen) atoms. The minimum Gasteiger partial charge on any atom is -0.444 e. The Labute approximate surface area is 381 Å². The molecule has 3 aromatic carbocycles. The van der Waals surface area contributed by atoms with Gasteiger partial charge in [0.1, 0.15) is 17.2 Å². The predicted octanol–water partition coefficient (Wildman–Crippen LogP) is 7.68. The van der Waals surface area contributed by atoms with E-state index in [0.29, 0.717) is 73.3 Å². The van der Waals surface area contributed by atoms with Crippen molar-refractivity contribution in [3.05, 3.63) is 83.4 Å². The largest absolute Gasteiger partial charge is 0.444 e. The highest BCUT2D eigenvalue weighted by atomic mass is 19.4. The van der Waals surface area contributed by atoms with Crippen LogP contribution in [0.4, 0.5) is 28.4 Å². The highest BCUT2D eigenvalue weighted by molar-refractivity contribution is 5.98. The molecule has 0 radical (unpaired) electrons. The standard InChI is InChI=1S/C47H58F3N9O7/c1-45(2,3)65-43(63)51-27-29-9-13-32(14-10-29)40(60)54-38(42(62)53-34-18-15-31(16-19-34)39-55-57-58-56-39)25-28-7-11-30(12-8-28)33-17-20-36(37(26-33)47(48,49)50)41(61)52-35-21-23-59(24-22-35)44(64)66-46(4,5)6/h7-8,11-12,15-20,26,29,32,35,38H,9-10,13-14,21-25,27H2,1-6H3,(H,51,63)(H,52,61)(H,53,62)(H,54,60)(H,55,56,57,58)/t29?,32?,38-/m0/s1. The number of halogens is 3. The first-order chi connectivity index (χ1) is 31.1. The van der Waals surface area contributed by atoms with Crippen LogP contribution in [0.2, 0.25) is 0 Å². The predicted molar refractivity (Wildman–Crippen MR) is 239 cm³/mol. The topological polar surface area (TPSA) is 210 Å². The van der Waals surface area contributed by atoms with Crippen molar-refractivity contribution in [3.8, 4) is 22.5 Å². The minimum atomic E-state index is -4.84. The fourth-order valence-electron chi connectivity index (χ4n) is 7.91. The maximum atomic E-state index is 14.5. The second-order valence-electron chi connectivity index (χ2n) is 18.8. The molecule has 1 saturated heterocycles. The van der Waals surface area contributed by atoms with E-state index in [4.69, 9.17) is 9.47 Å². The highest BCUT2D eigenvalue weighted by Gasteiger charge is 2.37. The molecule has 1 atom stereocenters. The smallest absolute Gasteiger partial charge is 0.417 e. The summed E-state index contributed by atoms with van der Waals surface area (Å²) in [4.78, 5) is 67.1. The third-order valence-corrected chi connectivity index (χ3v) is 11.3. The van der Waals surface area contributed by atoms with Crippen LogP contribution in [0.3, 0.4) is 0 Å². The maximum absolute atomic E-state index is 14.5. The van der Waals surface area contributed by atoms with Gasteiger partial charge in [0.05, 0.1) is 11.1 Å². The number of alkyl halides is 3. The molecule has 0 unspecified atom stereocenters. The zero-order chi connectivity index (χ0) is 47.8. The monoisotopic (exact) mass is 917 g/mol. The van der Waals surface area contributed by atoms with Crippen LogP contribution in [-0.4, -0.2) is 98.4 Å². The number of nitrogens with one attached hydrogen (secondary N) is 5. The second kappa shape index (κ2) is 20.8. The van der Waals surface area contributed by atoms with E-state index in [2.05, 4.69) is 41.9 Å². The third-order valence-electron chi connectivity index (χ3n) is 11.3. The van der Waals surface area contributed by atoms with Crippen molar-refractivity contribution >= 4 is 35.6 Å². The van der Waals surface area contributed by atoms with Crippen LogP contribution < -0.4 is 21.3 Å². The number of amides is 5. The average Bonchev–Trinajstić information content (AvgIpc) is 3.80. The van der Waals surface area contributed by atoms with Crippen molar-refractivity contribution in [2.45, 2.75) is 116 Å². The van der Waals surface area contributed by atoms with Crippen molar-refractivity contribution in [1.29, 1.82) is 0 Å². The SMILES string of the molecule is CC(C)(C)OC(=O)NCC1CCC(C(=O)N[C@@H](Cc2ccc(-c3ccc(C(=O)NC4CCN(C(=O)OC(C)(C)C)CC4)c(C(F)(F)F)c3)cc2)C(=O)Nc2ccc(-c3nn[nH]n3)cc2)CC1. The molecule has 1 aliphatic carbocycles. The summed E-state index contributed by atoms with van der Waals surface area (Å²) in [6.07, 6.45) is -2.54. The van der Waals surface area contributed by atoms with Gasteiger partial charge in [-0.25, -0.2) is 9.59 Å². The van der Waals surface area contributed by atoms with E-state index in [1.807, 2.05) is 0 Å². The molecule has 16 nitrogen and oxygen atoms in total. The Bertz CT molecular complexity index is 2310. The summed E-state index contributed by atoms with van der Waals surface area (Å²) in [5.41, 5.74) is -0.483. The fraction of sp³-hybridized carbons (Fsp3) is 0.489. The lowest BCUT2D eigenvalue weighted by Gasteiger charge is -2.33. The summed E-state index contributed by atoms with van der Waals surface area (Å²) >= 11 is 0. The Balaban J connectivity index is 1.12.